The maximum absolute atomic E-state index is 13.5. The van der Waals surface area contributed by atoms with Crippen molar-refractivity contribution in [3.8, 4) is 5.75 Å². The first-order valence-electron chi connectivity index (χ1n) is 10.6. The molecule has 2 heterocycles. The van der Waals surface area contributed by atoms with Crippen molar-refractivity contribution >= 4 is 33.8 Å². The lowest BCUT2D eigenvalue weighted by atomic mass is 10.0. The monoisotopic (exact) mass is 435 g/mol. The summed E-state index contributed by atoms with van der Waals surface area (Å²) in [5.74, 6) is -0.0759. The molecule has 162 valence electrons. The van der Waals surface area contributed by atoms with Gasteiger partial charge in [-0.2, -0.15) is 0 Å². The second kappa shape index (κ2) is 8.59. The third-order valence-electron chi connectivity index (χ3n) is 5.64. The van der Waals surface area contributed by atoms with Crippen molar-refractivity contribution < 1.29 is 14.3 Å². The Balaban J connectivity index is 1.59. The topological polar surface area (TPSA) is 71.5 Å². The first-order valence-corrected chi connectivity index (χ1v) is 10.6. The van der Waals surface area contributed by atoms with E-state index in [-0.39, 0.29) is 24.1 Å². The normalized spacial score (nSPS) is 13.7. The number of nitrogens with one attached hydrogen (secondary N) is 1. The van der Waals surface area contributed by atoms with Crippen molar-refractivity contribution in [1.82, 2.24) is 9.88 Å². The van der Waals surface area contributed by atoms with Crippen LogP contribution in [0.25, 0.3) is 16.3 Å². The van der Waals surface area contributed by atoms with E-state index in [9.17, 15) is 9.59 Å². The summed E-state index contributed by atoms with van der Waals surface area (Å²) < 4.78 is 5.25. The third-order valence-corrected chi connectivity index (χ3v) is 5.64. The van der Waals surface area contributed by atoms with Crippen LogP contribution in [0.5, 0.6) is 5.75 Å². The summed E-state index contributed by atoms with van der Waals surface area (Å²) in [5.41, 5.74) is 2.61. The van der Waals surface area contributed by atoms with Gasteiger partial charge in [-0.15, -0.1) is 0 Å². The Labute approximate surface area is 191 Å². The van der Waals surface area contributed by atoms with Crippen LogP contribution in [-0.2, 0) is 16.1 Å². The van der Waals surface area contributed by atoms with E-state index in [0.717, 1.165) is 16.5 Å². The molecule has 0 saturated heterocycles. The van der Waals surface area contributed by atoms with Crippen molar-refractivity contribution in [3.05, 3.63) is 108 Å². The quantitative estimate of drug-likeness (QED) is 0.447. The van der Waals surface area contributed by atoms with Gasteiger partial charge in [0.05, 0.1) is 24.9 Å². The zero-order valence-corrected chi connectivity index (χ0v) is 18.0. The zero-order valence-electron chi connectivity index (χ0n) is 18.0. The standard InChI is InChI=1S/C27H21N3O3/c1-33-21-14-12-19(13-15-21)24-25(29-23-11-6-8-18-7-2-3-10-22(18)23)27(32)30(26(24)31)17-20-9-4-5-16-28-20/h2-16,29H,17H2,1H3. The number of imide groups is 1. The Morgan fingerprint density at radius 1 is 0.848 bits per heavy atom. The number of pyridine rings is 1. The van der Waals surface area contributed by atoms with Crippen molar-refractivity contribution in [2.45, 2.75) is 6.54 Å². The van der Waals surface area contributed by atoms with Gasteiger partial charge in [0.15, 0.2) is 0 Å². The maximum Gasteiger partial charge on any atom is 0.278 e. The number of aromatic nitrogens is 1. The minimum Gasteiger partial charge on any atom is -0.497 e. The van der Waals surface area contributed by atoms with Crippen LogP contribution < -0.4 is 10.1 Å². The van der Waals surface area contributed by atoms with E-state index in [1.807, 2.05) is 48.5 Å². The van der Waals surface area contributed by atoms with Crippen molar-refractivity contribution in [1.29, 1.82) is 0 Å². The average Bonchev–Trinajstić information content (AvgIpc) is 3.09. The number of nitrogens with zero attached hydrogens (tertiary/aromatic N) is 2. The number of amides is 2. The second-order valence-corrected chi connectivity index (χ2v) is 7.65. The first kappa shape index (κ1) is 20.5. The van der Waals surface area contributed by atoms with Gasteiger partial charge in [-0.25, -0.2) is 0 Å². The molecule has 1 aromatic heterocycles. The van der Waals surface area contributed by atoms with Gasteiger partial charge in [0.1, 0.15) is 11.4 Å². The number of ether oxygens (including phenoxy) is 1. The molecule has 2 amide bonds. The molecule has 1 N–H and O–H groups in total. The Kier molecular flexibility index (Phi) is 5.32. The Morgan fingerprint density at radius 3 is 2.36 bits per heavy atom. The van der Waals surface area contributed by atoms with E-state index in [1.165, 1.54) is 4.90 Å². The highest BCUT2D eigenvalue weighted by atomic mass is 16.5. The number of carbonyl (C=O) groups excluding carboxylic acids is 2. The number of carbonyl (C=O) groups is 2. The molecule has 0 radical (unpaired) electrons. The molecule has 0 spiro atoms. The number of hydrogen-bond acceptors (Lipinski definition) is 5. The Morgan fingerprint density at radius 2 is 1.61 bits per heavy atom. The van der Waals surface area contributed by atoms with Crippen LogP contribution in [0.2, 0.25) is 0 Å². The molecule has 1 aliphatic heterocycles. The molecule has 0 atom stereocenters. The molecule has 0 fully saturated rings. The van der Waals surface area contributed by atoms with E-state index in [2.05, 4.69) is 10.3 Å². The molecule has 6 heteroatoms. The molecule has 0 aliphatic carbocycles. The molecule has 33 heavy (non-hydrogen) atoms. The van der Waals surface area contributed by atoms with Gasteiger partial charge in [0.25, 0.3) is 11.8 Å². The fourth-order valence-electron chi connectivity index (χ4n) is 3.98. The summed E-state index contributed by atoms with van der Waals surface area (Å²) in [5, 5.41) is 5.27. The lowest BCUT2D eigenvalue weighted by Gasteiger charge is -2.15. The van der Waals surface area contributed by atoms with Crippen molar-refractivity contribution in [3.63, 3.8) is 0 Å². The van der Waals surface area contributed by atoms with Gasteiger partial charge in [0, 0.05) is 17.3 Å². The van der Waals surface area contributed by atoms with Gasteiger partial charge < -0.3 is 10.1 Å². The summed E-state index contributed by atoms with van der Waals surface area (Å²) >= 11 is 0. The van der Waals surface area contributed by atoms with E-state index in [4.69, 9.17) is 4.74 Å². The van der Waals surface area contributed by atoms with Crippen LogP contribution in [-0.4, -0.2) is 28.8 Å². The lowest BCUT2D eigenvalue weighted by molar-refractivity contribution is -0.137. The third kappa shape index (κ3) is 3.83. The van der Waals surface area contributed by atoms with Crippen LogP contribution in [0.1, 0.15) is 11.3 Å². The van der Waals surface area contributed by atoms with Crippen LogP contribution >= 0.6 is 0 Å². The number of rotatable bonds is 6. The first-order chi connectivity index (χ1) is 16.2. The summed E-state index contributed by atoms with van der Waals surface area (Å²) in [6, 6.07) is 26.3. The molecule has 0 saturated carbocycles. The highest BCUT2D eigenvalue weighted by molar-refractivity contribution is 6.36. The number of anilines is 1. The van der Waals surface area contributed by atoms with E-state index < -0.39 is 0 Å². The van der Waals surface area contributed by atoms with Gasteiger partial charge >= 0.3 is 0 Å². The number of hydrogen-bond donors (Lipinski definition) is 1. The number of methoxy groups -OCH3 is 1. The van der Waals surface area contributed by atoms with E-state index >= 15 is 0 Å². The molecule has 0 unspecified atom stereocenters. The van der Waals surface area contributed by atoms with Crippen LogP contribution in [0.4, 0.5) is 5.69 Å². The number of fused-ring (bicyclic) bond motifs is 1. The predicted octanol–water partition coefficient (Wildman–Crippen LogP) is 4.64. The Bertz CT molecular complexity index is 1370. The minimum atomic E-state index is -0.385. The fourth-order valence-corrected chi connectivity index (χ4v) is 3.98. The number of benzene rings is 3. The molecule has 1 aliphatic rings. The molecule has 4 aromatic rings. The maximum atomic E-state index is 13.5. The summed E-state index contributed by atoms with van der Waals surface area (Å²) in [7, 11) is 1.58. The fraction of sp³-hybridized carbons (Fsp3) is 0.0741. The Hall–Kier alpha value is -4.45. The van der Waals surface area contributed by atoms with Crippen molar-refractivity contribution in [2.24, 2.45) is 0 Å². The average molecular weight is 435 g/mol. The predicted molar refractivity (Wildman–Crippen MR) is 127 cm³/mol. The SMILES string of the molecule is COc1ccc(C2=C(Nc3cccc4ccccc34)C(=O)N(Cc3ccccn3)C2=O)cc1. The molecule has 0 bridgehead atoms. The molecule has 5 rings (SSSR count). The summed E-state index contributed by atoms with van der Waals surface area (Å²) in [6.45, 7) is 0.0961. The zero-order chi connectivity index (χ0) is 22.8. The molecule has 3 aromatic carbocycles. The second-order valence-electron chi connectivity index (χ2n) is 7.65. The van der Waals surface area contributed by atoms with E-state index in [1.54, 1.807) is 49.7 Å². The van der Waals surface area contributed by atoms with Crippen LogP contribution in [0.3, 0.4) is 0 Å². The summed E-state index contributed by atoms with van der Waals surface area (Å²) in [4.78, 5) is 32.5. The van der Waals surface area contributed by atoms with Gasteiger partial charge in [0.2, 0.25) is 0 Å². The molecular weight excluding hydrogens is 414 g/mol. The van der Waals surface area contributed by atoms with Crippen LogP contribution in [0.15, 0.2) is 96.8 Å². The smallest absolute Gasteiger partial charge is 0.278 e. The minimum absolute atomic E-state index is 0.0961. The van der Waals surface area contributed by atoms with Gasteiger partial charge in [-0.1, -0.05) is 54.6 Å². The van der Waals surface area contributed by atoms with Gasteiger partial charge in [-0.3, -0.25) is 19.5 Å². The van der Waals surface area contributed by atoms with Gasteiger partial charge in [-0.05, 0) is 41.3 Å². The van der Waals surface area contributed by atoms with Crippen LogP contribution in [0, 0.1) is 0 Å². The highest BCUT2D eigenvalue weighted by Crippen LogP contribution is 2.34. The van der Waals surface area contributed by atoms with E-state index in [0.29, 0.717) is 22.6 Å². The summed E-state index contributed by atoms with van der Waals surface area (Å²) in [6.07, 6.45) is 1.65. The molecule has 6 nitrogen and oxygen atoms in total. The lowest BCUT2D eigenvalue weighted by Crippen LogP contribution is -2.32. The molecular formula is C27H21N3O3. The van der Waals surface area contributed by atoms with Crippen molar-refractivity contribution in [2.75, 3.05) is 12.4 Å². The highest BCUT2D eigenvalue weighted by Gasteiger charge is 2.39. The largest absolute Gasteiger partial charge is 0.497 e.